The maximum Gasteiger partial charge on any atom is 0.306 e. The first-order valence-electron chi connectivity index (χ1n) is 13.0. The molecule has 0 unspecified atom stereocenters. The summed E-state index contributed by atoms with van der Waals surface area (Å²) in [4.78, 5) is 25.5. The lowest BCUT2D eigenvalue weighted by molar-refractivity contribution is -0.141. The summed E-state index contributed by atoms with van der Waals surface area (Å²) in [7, 11) is 3.13. The third-order valence-electron chi connectivity index (χ3n) is 6.60. The number of rotatable bonds is 13. The topological polar surface area (TPSA) is 132 Å². The number of morpholine rings is 1. The van der Waals surface area contributed by atoms with Crippen LogP contribution in [0.1, 0.15) is 31.4 Å². The molecule has 2 aliphatic heterocycles. The normalized spacial score (nSPS) is 17.1. The summed E-state index contributed by atoms with van der Waals surface area (Å²) >= 11 is 0. The zero-order chi connectivity index (χ0) is 25.9. The lowest BCUT2D eigenvalue weighted by atomic mass is 10.0. The van der Waals surface area contributed by atoms with Gasteiger partial charge < -0.3 is 34.6 Å². The van der Waals surface area contributed by atoms with Gasteiger partial charge in [-0.2, -0.15) is 9.97 Å². The molecule has 0 spiro atoms. The number of carbonyl (C=O) groups excluding carboxylic acids is 1. The Balaban J connectivity index is 1.36. The number of ether oxygens (including phenoxy) is 3. The molecule has 13 nitrogen and oxygen atoms in total. The van der Waals surface area contributed by atoms with Gasteiger partial charge >= 0.3 is 5.97 Å². The zero-order valence-corrected chi connectivity index (χ0v) is 21.9. The summed E-state index contributed by atoms with van der Waals surface area (Å²) in [6, 6.07) is 2.33. The van der Waals surface area contributed by atoms with E-state index >= 15 is 0 Å². The van der Waals surface area contributed by atoms with Gasteiger partial charge in [0, 0.05) is 65.1 Å². The third-order valence-corrected chi connectivity index (χ3v) is 6.60. The first-order valence-corrected chi connectivity index (χ1v) is 13.0. The van der Waals surface area contributed by atoms with Crippen LogP contribution < -0.4 is 15.5 Å². The molecular weight excluding hydrogens is 478 g/mol. The van der Waals surface area contributed by atoms with Crippen molar-refractivity contribution in [1.29, 1.82) is 0 Å². The predicted molar refractivity (Wildman–Crippen MR) is 139 cm³/mol. The highest BCUT2D eigenvalue weighted by atomic mass is 16.5. The molecular formula is C24H39N9O4. The number of hydrogen-bond donors (Lipinski definition) is 2. The molecule has 0 bridgehead atoms. The highest BCUT2D eigenvalue weighted by Gasteiger charge is 2.21. The Labute approximate surface area is 217 Å². The van der Waals surface area contributed by atoms with Gasteiger partial charge in [0.25, 0.3) is 0 Å². The van der Waals surface area contributed by atoms with Crippen LogP contribution in [-0.2, 0) is 32.1 Å². The molecule has 0 radical (unpaired) electrons. The van der Waals surface area contributed by atoms with Gasteiger partial charge in [-0.05, 0) is 19.3 Å². The Bertz CT molecular complexity index is 975. The maximum atomic E-state index is 11.4. The van der Waals surface area contributed by atoms with Gasteiger partial charge in [0.1, 0.15) is 17.3 Å². The van der Waals surface area contributed by atoms with Crippen LogP contribution in [0.2, 0.25) is 0 Å². The molecule has 0 aliphatic carbocycles. The molecule has 2 N–H and O–H groups in total. The van der Waals surface area contributed by atoms with Gasteiger partial charge in [0.05, 0.1) is 39.5 Å². The molecule has 0 aromatic carbocycles. The molecule has 0 saturated carbocycles. The van der Waals surface area contributed by atoms with Crippen molar-refractivity contribution in [3.63, 3.8) is 0 Å². The predicted octanol–water partition coefficient (Wildman–Crippen LogP) is 0.993. The van der Waals surface area contributed by atoms with E-state index in [1.165, 1.54) is 7.11 Å². The summed E-state index contributed by atoms with van der Waals surface area (Å²) in [6.07, 6.45) is 5.21. The van der Waals surface area contributed by atoms with Crippen molar-refractivity contribution in [2.45, 2.75) is 44.8 Å². The molecule has 2 aliphatic rings. The Kier molecular flexibility index (Phi) is 10.3. The van der Waals surface area contributed by atoms with Crippen molar-refractivity contribution < 1.29 is 19.0 Å². The lowest BCUT2D eigenvalue weighted by Crippen LogP contribution is -2.40. The van der Waals surface area contributed by atoms with Crippen LogP contribution in [-0.4, -0.2) is 109 Å². The monoisotopic (exact) mass is 517 g/mol. The molecule has 4 rings (SSSR count). The van der Waals surface area contributed by atoms with Crippen molar-refractivity contribution in [3.8, 4) is 0 Å². The van der Waals surface area contributed by atoms with E-state index in [1.54, 1.807) is 7.11 Å². The first kappa shape index (κ1) is 27.0. The summed E-state index contributed by atoms with van der Waals surface area (Å²) < 4.78 is 17.2. The fourth-order valence-corrected chi connectivity index (χ4v) is 4.47. The number of esters is 1. The molecule has 37 heavy (non-hydrogen) atoms. The van der Waals surface area contributed by atoms with Crippen LogP contribution in [0.25, 0.3) is 0 Å². The van der Waals surface area contributed by atoms with Crippen molar-refractivity contribution in [3.05, 3.63) is 18.0 Å². The zero-order valence-electron chi connectivity index (χ0n) is 21.9. The van der Waals surface area contributed by atoms with Crippen LogP contribution in [0.5, 0.6) is 0 Å². The molecule has 0 atom stereocenters. The second-order valence-electron chi connectivity index (χ2n) is 9.29. The van der Waals surface area contributed by atoms with Gasteiger partial charge in [0.2, 0.25) is 5.95 Å². The number of anilines is 3. The van der Waals surface area contributed by atoms with Crippen molar-refractivity contribution in [1.82, 2.24) is 29.9 Å². The Morgan fingerprint density at radius 1 is 1.14 bits per heavy atom. The van der Waals surface area contributed by atoms with Crippen molar-refractivity contribution in [2.75, 3.05) is 82.3 Å². The molecule has 204 valence electrons. The smallest absolute Gasteiger partial charge is 0.306 e. The van der Waals surface area contributed by atoms with Crippen LogP contribution in [0.3, 0.4) is 0 Å². The van der Waals surface area contributed by atoms with Gasteiger partial charge in [0.15, 0.2) is 0 Å². The lowest BCUT2D eigenvalue weighted by Gasteiger charge is -2.33. The van der Waals surface area contributed by atoms with Crippen LogP contribution in [0.4, 0.5) is 17.6 Å². The van der Waals surface area contributed by atoms with E-state index in [1.807, 2.05) is 16.9 Å². The molecule has 0 amide bonds. The average Bonchev–Trinajstić information content (AvgIpc) is 3.39. The molecule has 2 aromatic heterocycles. The third kappa shape index (κ3) is 8.51. The van der Waals surface area contributed by atoms with Gasteiger partial charge in [-0.15, -0.1) is 5.10 Å². The standard InChI is InChI=1S/C24H39N9O4/c1-35-13-3-7-33-18-20(29-30-33)17-25-24-27-21(16-22(28-24)32-11-14-37-15-12-32)26-19-4-8-31(9-5-19)10-6-23(34)36-2/h16,18-19H,3-15,17H2,1-2H3,(H2,25,26,27,28). The van der Waals surface area contributed by atoms with E-state index in [0.717, 1.165) is 75.9 Å². The quantitative estimate of drug-likeness (QED) is 0.290. The number of aromatic nitrogens is 5. The second-order valence-corrected chi connectivity index (χ2v) is 9.29. The van der Waals surface area contributed by atoms with E-state index in [-0.39, 0.29) is 5.97 Å². The van der Waals surface area contributed by atoms with Crippen molar-refractivity contribution in [2.24, 2.45) is 0 Å². The number of likely N-dealkylation sites (tertiary alicyclic amines) is 1. The summed E-state index contributed by atoms with van der Waals surface area (Å²) in [5, 5.41) is 15.4. The van der Waals surface area contributed by atoms with E-state index in [9.17, 15) is 4.79 Å². The van der Waals surface area contributed by atoms with Crippen LogP contribution in [0, 0.1) is 0 Å². The van der Waals surface area contributed by atoms with E-state index in [2.05, 4.69) is 30.7 Å². The van der Waals surface area contributed by atoms with Gasteiger partial charge in [-0.3, -0.25) is 9.48 Å². The second kappa shape index (κ2) is 14.1. The minimum Gasteiger partial charge on any atom is -0.469 e. The van der Waals surface area contributed by atoms with E-state index in [0.29, 0.717) is 44.8 Å². The van der Waals surface area contributed by atoms with E-state index < -0.39 is 0 Å². The van der Waals surface area contributed by atoms with Crippen molar-refractivity contribution >= 4 is 23.6 Å². The Hall–Kier alpha value is -3.03. The highest BCUT2D eigenvalue weighted by Crippen LogP contribution is 2.22. The highest BCUT2D eigenvalue weighted by molar-refractivity contribution is 5.69. The van der Waals surface area contributed by atoms with E-state index in [4.69, 9.17) is 24.2 Å². The number of aryl methyl sites for hydroxylation is 1. The minimum absolute atomic E-state index is 0.162. The minimum atomic E-state index is -0.162. The summed E-state index contributed by atoms with van der Waals surface area (Å²) in [5.74, 6) is 2.07. The van der Waals surface area contributed by atoms with Gasteiger partial charge in [-0.1, -0.05) is 5.21 Å². The first-order chi connectivity index (χ1) is 18.1. The van der Waals surface area contributed by atoms with Crippen LogP contribution in [0.15, 0.2) is 12.3 Å². The number of piperidine rings is 1. The number of nitrogens with zero attached hydrogens (tertiary/aromatic N) is 7. The average molecular weight is 518 g/mol. The SMILES string of the molecule is COCCCn1cc(CNc2nc(NC3CCN(CCC(=O)OC)CC3)cc(N3CCOCC3)n2)nn1. The number of methoxy groups -OCH3 is 2. The number of nitrogens with one attached hydrogen (secondary N) is 2. The van der Waals surface area contributed by atoms with Crippen LogP contribution >= 0.6 is 0 Å². The Morgan fingerprint density at radius 3 is 2.70 bits per heavy atom. The fourth-order valence-electron chi connectivity index (χ4n) is 4.47. The fraction of sp³-hybridized carbons (Fsp3) is 0.708. The number of hydrogen-bond acceptors (Lipinski definition) is 12. The Morgan fingerprint density at radius 2 is 1.95 bits per heavy atom. The molecule has 13 heteroatoms. The number of carbonyl (C=O) groups is 1. The maximum absolute atomic E-state index is 11.4. The van der Waals surface area contributed by atoms with Gasteiger partial charge in [-0.25, -0.2) is 0 Å². The summed E-state index contributed by atoms with van der Waals surface area (Å²) in [6.45, 7) is 7.50. The molecule has 2 aromatic rings. The molecule has 2 fully saturated rings. The molecule has 2 saturated heterocycles. The largest absolute Gasteiger partial charge is 0.469 e. The summed E-state index contributed by atoms with van der Waals surface area (Å²) in [5.41, 5.74) is 0.826. The molecule has 4 heterocycles.